The monoisotopic (exact) mass is 439 g/mol. The minimum absolute atomic E-state index is 0.286. The van der Waals surface area contributed by atoms with Crippen LogP contribution in [0.1, 0.15) is 48.3 Å². The summed E-state index contributed by atoms with van der Waals surface area (Å²) >= 11 is 0. The molecule has 0 fully saturated rings. The summed E-state index contributed by atoms with van der Waals surface area (Å²) in [5.74, 6) is 1.03. The Morgan fingerprint density at radius 2 is 1.97 bits per heavy atom. The van der Waals surface area contributed by atoms with E-state index in [9.17, 15) is 9.65 Å². The van der Waals surface area contributed by atoms with Crippen molar-refractivity contribution in [2.75, 3.05) is 0 Å². The molecule has 3 heterocycles. The minimum Gasteiger partial charge on any atom is -0.488 e. The van der Waals surface area contributed by atoms with Crippen molar-refractivity contribution in [3.05, 3.63) is 88.3 Å². The maximum absolute atomic E-state index is 13.9. The molecule has 0 atom stereocenters. The number of fused-ring (bicyclic) bond motifs is 3. The van der Waals surface area contributed by atoms with Gasteiger partial charge in [-0.3, -0.25) is 0 Å². The van der Waals surface area contributed by atoms with Crippen LogP contribution in [-0.4, -0.2) is 19.5 Å². The number of allylic oxidation sites excluding steroid dienone is 1. The number of hydrogen-bond donors (Lipinski definition) is 0. The van der Waals surface area contributed by atoms with Crippen LogP contribution in [0.2, 0.25) is 0 Å². The molecular formula is C26H22FN5O. The molecule has 1 aliphatic heterocycles. The lowest BCUT2D eigenvalue weighted by atomic mass is 9.90. The van der Waals surface area contributed by atoms with Gasteiger partial charge in [0.15, 0.2) is 11.3 Å². The van der Waals surface area contributed by atoms with Gasteiger partial charge in [-0.25, -0.2) is 19.3 Å². The zero-order valence-electron chi connectivity index (χ0n) is 18.5. The van der Waals surface area contributed by atoms with Gasteiger partial charge in [-0.15, -0.1) is 0 Å². The Kier molecular flexibility index (Phi) is 5.35. The van der Waals surface area contributed by atoms with Crippen molar-refractivity contribution < 1.29 is 9.13 Å². The molecule has 2 aromatic carbocycles. The average molecular weight is 439 g/mol. The number of hydrogen-bond acceptors (Lipinski definition) is 5. The number of aryl methyl sites for hydroxylation is 1. The molecule has 0 N–H and O–H groups in total. The highest BCUT2D eigenvalue weighted by Crippen LogP contribution is 2.39. The van der Waals surface area contributed by atoms with Crippen LogP contribution in [0.25, 0.3) is 16.9 Å². The van der Waals surface area contributed by atoms with Crippen molar-refractivity contribution in [2.45, 2.75) is 39.8 Å². The zero-order chi connectivity index (χ0) is 22.9. The largest absolute Gasteiger partial charge is 0.488 e. The second-order valence-electron chi connectivity index (χ2n) is 8.10. The van der Waals surface area contributed by atoms with E-state index >= 15 is 0 Å². The fraction of sp³-hybridized carbons (Fsp3) is 0.231. The first-order valence-electron chi connectivity index (χ1n) is 10.9. The fourth-order valence-electron chi connectivity index (χ4n) is 4.35. The third kappa shape index (κ3) is 3.74. The van der Waals surface area contributed by atoms with E-state index in [2.05, 4.69) is 44.6 Å². The molecule has 0 unspecified atom stereocenters. The number of halogens is 1. The van der Waals surface area contributed by atoms with Crippen LogP contribution in [0.3, 0.4) is 0 Å². The Labute approximate surface area is 191 Å². The number of rotatable bonds is 4. The van der Waals surface area contributed by atoms with Gasteiger partial charge in [-0.2, -0.15) is 5.26 Å². The van der Waals surface area contributed by atoms with Crippen molar-refractivity contribution in [3.63, 3.8) is 0 Å². The topological polar surface area (TPSA) is 76.6 Å². The lowest BCUT2D eigenvalue weighted by Gasteiger charge is -2.14. The van der Waals surface area contributed by atoms with E-state index in [1.807, 2.05) is 6.07 Å². The summed E-state index contributed by atoms with van der Waals surface area (Å²) in [6.45, 7) is 4.78. The first-order chi connectivity index (χ1) is 16.1. The van der Waals surface area contributed by atoms with Crippen LogP contribution in [0.15, 0.2) is 54.4 Å². The molecule has 0 spiro atoms. The summed E-state index contributed by atoms with van der Waals surface area (Å²) in [7, 11) is 0. The van der Waals surface area contributed by atoms with Crippen LogP contribution < -0.4 is 4.74 Å². The van der Waals surface area contributed by atoms with Crippen LogP contribution in [-0.2, 0) is 19.6 Å². The molecule has 164 valence electrons. The summed E-state index contributed by atoms with van der Waals surface area (Å²) in [4.78, 5) is 13.5. The fourth-order valence-corrected chi connectivity index (χ4v) is 4.35. The van der Waals surface area contributed by atoms with Gasteiger partial charge in [0.05, 0.1) is 12.6 Å². The highest BCUT2D eigenvalue weighted by Gasteiger charge is 2.22. The lowest BCUT2D eigenvalue weighted by Crippen LogP contribution is -2.07. The number of aromatic nitrogens is 4. The first-order valence-corrected chi connectivity index (χ1v) is 10.9. The predicted octanol–water partition coefficient (Wildman–Crippen LogP) is 5.20. The lowest BCUT2D eigenvalue weighted by molar-refractivity contribution is 0.305. The molecule has 0 aliphatic carbocycles. The Balaban J connectivity index is 1.60. The Bertz CT molecular complexity index is 1450. The second-order valence-corrected chi connectivity index (χ2v) is 8.10. The Morgan fingerprint density at radius 3 is 2.79 bits per heavy atom. The molecule has 1 aliphatic rings. The van der Waals surface area contributed by atoms with Crippen molar-refractivity contribution in [3.8, 4) is 11.8 Å². The summed E-state index contributed by atoms with van der Waals surface area (Å²) < 4.78 is 22.0. The number of imidazole rings is 1. The highest BCUT2D eigenvalue weighted by molar-refractivity contribution is 5.88. The van der Waals surface area contributed by atoms with Gasteiger partial charge in [0.2, 0.25) is 0 Å². The summed E-state index contributed by atoms with van der Waals surface area (Å²) in [5.41, 5.74) is 6.39. The molecular weight excluding hydrogens is 417 g/mol. The maximum atomic E-state index is 13.9. The van der Waals surface area contributed by atoms with E-state index in [0.717, 1.165) is 52.1 Å². The van der Waals surface area contributed by atoms with E-state index in [0.29, 0.717) is 23.5 Å². The number of nitrogens with zero attached hydrogens (tertiary/aromatic N) is 5. The standard InChI is InChI=1S/C26H22FN5O/c1-3-4-23-31-25-26(30-10-9-29-25)32(23)14-17-5-7-20-18(11-17)15-33-22-12-19(27)6-8-21(22)24(20)16(2)13-28/h5-12H,3-4,14-15H2,1-2H3/b24-16+. The first kappa shape index (κ1) is 20.8. The summed E-state index contributed by atoms with van der Waals surface area (Å²) in [6.07, 6.45) is 5.14. The van der Waals surface area contributed by atoms with E-state index in [1.165, 1.54) is 12.1 Å². The number of benzene rings is 2. The van der Waals surface area contributed by atoms with E-state index in [4.69, 9.17) is 4.74 Å². The van der Waals surface area contributed by atoms with Gasteiger partial charge < -0.3 is 9.30 Å². The van der Waals surface area contributed by atoms with Crippen LogP contribution in [0, 0.1) is 17.1 Å². The Hall–Kier alpha value is -4.05. The van der Waals surface area contributed by atoms with Crippen LogP contribution >= 0.6 is 0 Å². The van der Waals surface area contributed by atoms with Crippen LogP contribution in [0.4, 0.5) is 4.39 Å². The van der Waals surface area contributed by atoms with Gasteiger partial charge in [-0.05, 0) is 48.2 Å². The molecule has 2 aromatic heterocycles. The second kappa shape index (κ2) is 8.47. The third-order valence-electron chi connectivity index (χ3n) is 5.85. The number of ether oxygens (including phenoxy) is 1. The van der Waals surface area contributed by atoms with Crippen molar-refractivity contribution in [1.82, 2.24) is 19.5 Å². The zero-order valence-corrected chi connectivity index (χ0v) is 18.5. The molecule has 7 heteroatoms. The molecule has 6 nitrogen and oxygen atoms in total. The number of nitriles is 1. The van der Waals surface area contributed by atoms with Crippen LogP contribution in [0.5, 0.6) is 5.75 Å². The normalized spacial score (nSPS) is 14.1. The van der Waals surface area contributed by atoms with Crippen molar-refractivity contribution in [1.29, 1.82) is 5.26 Å². The quantitative estimate of drug-likeness (QED) is 0.408. The van der Waals surface area contributed by atoms with Crippen molar-refractivity contribution in [2.24, 2.45) is 0 Å². The molecule has 33 heavy (non-hydrogen) atoms. The molecule has 0 saturated heterocycles. The summed E-state index contributed by atoms with van der Waals surface area (Å²) in [6, 6.07) is 12.9. The smallest absolute Gasteiger partial charge is 0.197 e. The minimum atomic E-state index is -0.370. The van der Waals surface area contributed by atoms with E-state index in [1.54, 1.807) is 25.4 Å². The molecule has 0 radical (unpaired) electrons. The Morgan fingerprint density at radius 1 is 1.15 bits per heavy atom. The van der Waals surface area contributed by atoms with Gasteiger partial charge in [0, 0.05) is 41.6 Å². The third-order valence-corrected chi connectivity index (χ3v) is 5.85. The predicted molar refractivity (Wildman–Crippen MR) is 123 cm³/mol. The highest BCUT2D eigenvalue weighted by atomic mass is 19.1. The molecule has 0 bridgehead atoms. The summed E-state index contributed by atoms with van der Waals surface area (Å²) in [5, 5.41) is 9.65. The van der Waals surface area contributed by atoms with E-state index < -0.39 is 0 Å². The molecule has 4 aromatic rings. The van der Waals surface area contributed by atoms with Gasteiger partial charge in [0.25, 0.3) is 0 Å². The SMILES string of the molecule is CCCc1nc2nccnc2n1Cc1ccc2c(c1)COc1cc(F)ccc1/C2=C(\C)C#N. The van der Waals surface area contributed by atoms with Gasteiger partial charge in [0.1, 0.15) is 24.0 Å². The van der Waals surface area contributed by atoms with Gasteiger partial charge in [-0.1, -0.05) is 19.1 Å². The average Bonchev–Trinajstić information content (AvgIpc) is 3.07. The maximum Gasteiger partial charge on any atom is 0.197 e. The van der Waals surface area contributed by atoms with E-state index in [-0.39, 0.29) is 12.4 Å². The van der Waals surface area contributed by atoms with Gasteiger partial charge >= 0.3 is 0 Å². The molecule has 0 saturated carbocycles. The van der Waals surface area contributed by atoms with Crippen molar-refractivity contribution >= 4 is 16.9 Å². The molecule has 5 rings (SSSR count). The molecule has 0 amide bonds.